The summed E-state index contributed by atoms with van der Waals surface area (Å²) in [5.74, 6) is -0.0797. The first kappa shape index (κ1) is 12.6. The van der Waals surface area contributed by atoms with Crippen molar-refractivity contribution < 1.29 is 4.79 Å². The summed E-state index contributed by atoms with van der Waals surface area (Å²) in [5, 5.41) is 2.95. The molecule has 0 aliphatic carbocycles. The lowest BCUT2D eigenvalue weighted by atomic mass is 10.00. The molecular weight excluding hydrogens is 202 g/mol. The van der Waals surface area contributed by atoms with Gasteiger partial charge in [-0.1, -0.05) is 0 Å². The van der Waals surface area contributed by atoms with Crippen LogP contribution >= 0.6 is 0 Å². The van der Waals surface area contributed by atoms with Crippen LogP contribution in [-0.2, 0) is 0 Å². The minimum Gasteiger partial charge on any atom is -0.347 e. The Bertz CT molecular complexity index is 374. The molecular formula is C12H19N3O. The monoisotopic (exact) mass is 221 g/mol. The van der Waals surface area contributed by atoms with E-state index in [9.17, 15) is 4.79 Å². The highest BCUT2D eigenvalue weighted by Crippen LogP contribution is 2.09. The Hall–Kier alpha value is -1.42. The molecule has 0 unspecified atom stereocenters. The van der Waals surface area contributed by atoms with E-state index >= 15 is 0 Å². The molecule has 1 aromatic heterocycles. The molecule has 0 aliphatic rings. The molecule has 0 fully saturated rings. The van der Waals surface area contributed by atoms with Gasteiger partial charge in [-0.3, -0.25) is 9.78 Å². The lowest BCUT2D eigenvalue weighted by molar-refractivity contribution is 0.0910. The van der Waals surface area contributed by atoms with E-state index in [-0.39, 0.29) is 11.4 Å². The summed E-state index contributed by atoms with van der Waals surface area (Å²) in [6.07, 6.45) is 2.39. The summed E-state index contributed by atoms with van der Waals surface area (Å²) in [4.78, 5) is 16.0. The lowest BCUT2D eigenvalue weighted by Crippen LogP contribution is -2.44. The van der Waals surface area contributed by atoms with Gasteiger partial charge in [0.25, 0.3) is 5.91 Å². The molecule has 1 heterocycles. The molecule has 3 N–H and O–H groups in total. The maximum Gasteiger partial charge on any atom is 0.251 e. The minimum absolute atomic E-state index is 0.0797. The first-order chi connectivity index (χ1) is 7.44. The Morgan fingerprint density at radius 1 is 1.56 bits per heavy atom. The number of pyridine rings is 1. The maximum atomic E-state index is 11.9. The molecule has 0 aromatic carbocycles. The van der Waals surface area contributed by atoms with E-state index in [1.54, 1.807) is 18.3 Å². The molecule has 4 heteroatoms. The Kier molecular flexibility index (Phi) is 4.01. The fourth-order valence-corrected chi connectivity index (χ4v) is 1.49. The quantitative estimate of drug-likeness (QED) is 0.804. The molecule has 0 radical (unpaired) electrons. The Balaban J connectivity index is 2.72. The third kappa shape index (κ3) is 3.62. The number of nitrogens with zero attached hydrogens (tertiary/aromatic N) is 1. The second kappa shape index (κ2) is 5.07. The average molecular weight is 221 g/mol. The number of aryl methyl sites for hydroxylation is 1. The van der Waals surface area contributed by atoms with E-state index in [4.69, 9.17) is 5.73 Å². The smallest absolute Gasteiger partial charge is 0.251 e. The van der Waals surface area contributed by atoms with Crippen LogP contribution in [0.2, 0.25) is 0 Å². The summed E-state index contributed by atoms with van der Waals surface area (Å²) >= 11 is 0. The second-order valence-electron chi connectivity index (χ2n) is 4.56. The fourth-order valence-electron chi connectivity index (χ4n) is 1.49. The summed E-state index contributed by atoms with van der Waals surface area (Å²) in [5.41, 5.74) is 6.69. The van der Waals surface area contributed by atoms with Gasteiger partial charge in [0.1, 0.15) is 0 Å². The first-order valence-electron chi connectivity index (χ1n) is 5.40. The number of aromatic nitrogens is 1. The van der Waals surface area contributed by atoms with Crippen LogP contribution < -0.4 is 11.1 Å². The molecule has 0 saturated heterocycles. The predicted octanol–water partition coefficient (Wildman–Crippen LogP) is 1.25. The SMILES string of the molecule is Cc1cc(C(=O)NC(C)(C)CCN)ccn1. The van der Waals surface area contributed by atoms with E-state index in [1.165, 1.54) is 0 Å². The highest BCUT2D eigenvalue weighted by atomic mass is 16.1. The zero-order valence-electron chi connectivity index (χ0n) is 10.1. The van der Waals surface area contributed by atoms with E-state index in [0.29, 0.717) is 12.1 Å². The van der Waals surface area contributed by atoms with Crippen LogP contribution in [-0.4, -0.2) is 23.0 Å². The Morgan fingerprint density at radius 3 is 2.81 bits per heavy atom. The van der Waals surface area contributed by atoms with Crippen LogP contribution in [0, 0.1) is 6.92 Å². The maximum absolute atomic E-state index is 11.9. The zero-order chi connectivity index (χ0) is 12.2. The topological polar surface area (TPSA) is 68.0 Å². The van der Waals surface area contributed by atoms with Gasteiger partial charge in [0, 0.05) is 23.0 Å². The van der Waals surface area contributed by atoms with Crippen LogP contribution in [0.1, 0.15) is 36.3 Å². The highest BCUT2D eigenvalue weighted by molar-refractivity contribution is 5.94. The molecule has 0 aliphatic heterocycles. The third-order valence-electron chi connectivity index (χ3n) is 2.38. The molecule has 16 heavy (non-hydrogen) atoms. The molecule has 1 rings (SSSR count). The Morgan fingerprint density at radius 2 is 2.25 bits per heavy atom. The van der Waals surface area contributed by atoms with Crippen LogP contribution in [0.25, 0.3) is 0 Å². The van der Waals surface area contributed by atoms with Crippen molar-refractivity contribution in [3.05, 3.63) is 29.6 Å². The molecule has 0 spiro atoms. The van der Waals surface area contributed by atoms with Gasteiger partial charge >= 0.3 is 0 Å². The van der Waals surface area contributed by atoms with Gasteiger partial charge in [0.05, 0.1) is 0 Å². The van der Waals surface area contributed by atoms with Gasteiger partial charge in [-0.15, -0.1) is 0 Å². The van der Waals surface area contributed by atoms with E-state index in [2.05, 4.69) is 10.3 Å². The van der Waals surface area contributed by atoms with E-state index in [1.807, 2.05) is 20.8 Å². The van der Waals surface area contributed by atoms with Crippen molar-refractivity contribution >= 4 is 5.91 Å². The van der Waals surface area contributed by atoms with Gasteiger partial charge < -0.3 is 11.1 Å². The van der Waals surface area contributed by atoms with E-state index in [0.717, 1.165) is 12.1 Å². The van der Waals surface area contributed by atoms with Crippen molar-refractivity contribution in [3.63, 3.8) is 0 Å². The van der Waals surface area contributed by atoms with Crippen LogP contribution in [0.5, 0.6) is 0 Å². The van der Waals surface area contributed by atoms with Crippen molar-refractivity contribution in [3.8, 4) is 0 Å². The standard InChI is InChI=1S/C12H19N3O/c1-9-8-10(4-7-14-9)11(16)15-12(2,3)5-6-13/h4,7-8H,5-6,13H2,1-3H3,(H,15,16). The minimum atomic E-state index is -0.275. The lowest BCUT2D eigenvalue weighted by Gasteiger charge is -2.25. The summed E-state index contributed by atoms with van der Waals surface area (Å²) in [7, 11) is 0. The highest BCUT2D eigenvalue weighted by Gasteiger charge is 2.20. The van der Waals surface area contributed by atoms with Crippen molar-refractivity contribution in [1.82, 2.24) is 10.3 Å². The first-order valence-corrected chi connectivity index (χ1v) is 5.40. The van der Waals surface area contributed by atoms with Crippen molar-refractivity contribution in [2.24, 2.45) is 5.73 Å². The number of nitrogens with one attached hydrogen (secondary N) is 1. The number of hydrogen-bond donors (Lipinski definition) is 2. The third-order valence-corrected chi connectivity index (χ3v) is 2.38. The molecule has 0 atom stereocenters. The van der Waals surface area contributed by atoms with Gasteiger partial charge in [-0.2, -0.15) is 0 Å². The molecule has 1 amide bonds. The van der Waals surface area contributed by atoms with Gasteiger partial charge in [0.15, 0.2) is 0 Å². The van der Waals surface area contributed by atoms with Crippen molar-refractivity contribution in [2.45, 2.75) is 32.7 Å². The van der Waals surface area contributed by atoms with Gasteiger partial charge in [-0.25, -0.2) is 0 Å². The molecule has 0 saturated carbocycles. The summed E-state index contributed by atoms with van der Waals surface area (Å²) < 4.78 is 0. The van der Waals surface area contributed by atoms with Crippen LogP contribution in [0.15, 0.2) is 18.3 Å². The molecule has 1 aromatic rings. The normalized spacial score (nSPS) is 11.2. The number of amides is 1. The number of carbonyl (C=O) groups excluding carboxylic acids is 1. The van der Waals surface area contributed by atoms with Gasteiger partial charge in [0.2, 0.25) is 0 Å². The van der Waals surface area contributed by atoms with Crippen LogP contribution in [0.4, 0.5) is 0 Å². The molecule has 0 bridgehead atoms. The second-order valence-corrected chi connectivity index (χ2v) is 4.56. The number of hydrogen-bond acceptors (Lipinski definition) is 3. The number of nitrogens with two attached hydrogens (primary N) is 1. The average Bonchev–Trinajstić information content (AvgIpc) is 2.16. The predicted molar refractivity (Wildman–Crippen MR) is 64.2 cm³/mol. The summed E-state index contributed by atoms with van der Waals surface area (Å²) in [6.45, 7) is 6.35. The zero-order valence-corrected chi connectivity index (χ0v) is 10.1. The largest absolute Gasteiger partial charge is 0.347 e. The molecule has 4 nitrogen and oxygen atoms in total. The number of carbonyl (C=O) groups is 1. The fraction of sp³-hybridized carbons (Fsp3) is 0.500. The Labute approximate surface area is 96.3 Å². The van der Waals surface area contributed by atoms with Crippen molar-refractivity contribution in [1.29, 1.82) is 0 Å². The van der Waals surface area contributed by atoms with Crippen molar-refractivity contribution in [2.75, 3.05) is 6.54 Å². The number of rotatable bonds is 4. The molecule has 88 valence electrons. The van der Waals surface area contributed by atoms with Crippen LogP contribution in [0.3, 0.4) is 0 Å². The summed E-state index contributed by atoms with van der Waals surface area (Å²) in [6, 6.07) is 3.48. The van der Waals surface area contributed by atoms with E-state index < -0.39 is 0 Å². The van der Waals surface area contributed by atoms with Gasteiger partial charge in [-0.05, 0) is 45.9 Å².